The number of rotatable bonds is 5. The number of anilines is 1. The van der Waals surface area contributed by atoms with Gasteiger partial charge in [-0.15, -0.1) is 0 Å². The summed E-state index contributed by atoms with van der Waals surface area (Å²) in [6.07, 6.45) is -0.0758. The Morgan fingerprint density at radius 3 is 2.39 bits per heavy atom. The molecule has 0 radical (unpaired) electrons. The molecule has 23 heavy (non-hydrogen) atoms. The van der Waals surface area contributed by atoms with Gasteiger partial charge in [0, 0.05) is 11.3 Å². The summed E-state index contributed by atoms with van der Waals surface area (Å²) in [6, 6.07) is 13.9. The third-order valence-corrected chi connectivity index (χ3v) is 3.68. The number of hydrogen-bond acceptors (Lipinski definition) is 3. The lowest BCUT2D eigenvalue weighted by atomic mass is 9.92. The van der Waals surface area contributed by atoms with Crippen LogP contribution in [0.4, 0.5) is 5.69 Å². The zero-order valence-electron chi connectivity index (χ0n) is 13.2. The van der Waals surface area contributed by atoms with E-state index in [0.29, 0.717) is 22.4 Å². The first-order chi connectivity index (χ1) is 10.8. The van der Waals surface area contributed by atoms with Gasteiger partial charge in [0.2, 0.25) is 11.8 Å². The van der Waals surface area contributed by atoms with Crippen LogP contribution < -0.4 is 11.1 Å². The lowest BCUT2D eigenvalue weighted by molar-refractivity contribution is -0.120. The minimum Gasteiger partial charge on any atom is -0.385 e. The average Bonchev–Trinajstić information content (AvgIpc) is 2.47. The number of amides is 2. The summed E-state index contributed by atoms with van der Waals surface area (Å²) in [5.74, 6) is -0.822. The van der Waals surface area contributed by atoms with Crippen molar-refractivity contribution in [1.29, 1.82) is 0 Å². The molecule has 0 aliphatic rings. The first-order valence-corrected chi connectivity index (χ1v) is 7.28. The molecule has 5 heteroatoms. The number of nitrogens with two attached hydrogens (primary N) is 1. The number of carbonyl (C=O) groups excluding carboxylic acids is 2. The minimum atomic E-state index is -1.26. The molecular formula is C18H20N2O3. The van der Waals surface area contributed by atoms with E-state index in [2.05, 4.69) is 5.32 Å². The molecule has 0 fully saturated rings. The van der Waals surface area contributed by atoms with Crippen molar-refractivity contribution in [3.8, 4) is 0 Å². The molecule has 2 aromatic rings. The molecule has 1 atom stereocenters. The van der Waals surface area contributed by atoms with Crippen molar-refractivity contribution < 1.29 is 14.7 Å². The van der Waals surface area contributed by atoms with Gasteiger partial charge in [0.05, 0.1) is 12.0 Å². The Labute approximate surface area is 135 Å². The van der Waals surface area contributed by atoms with Crippen molar-refractivity contribution >= 4 is 17.5 Å². The SMILES string of the molecule is Cc1cc(NC(=O)CC(C)(O)c2ccccc2)ccc1C(N)=O. The third kappa shape index (κ3) is 4.17. The molecular weight excluding hydrogens is 292 g/mol. The molecule has 120 valence electrons. The first kappa shape index (κ1) is 16.7. The summed E-state index contributed by atoms with van der Waals surface area (Å²) in [5.41, 5.74) is 6.33. The van der Waals surface area contributed by atoms with E-state index in [4.69, 9.17) is 5.73 Å². The molecule has 0 spiro atoms. The van der Waals surface area contributed by atoms with E-state index in [-0.39, 0.29) is 12.3 Å². The van der Waals surface area contributed by atoms with E-state index in [1.165, 1.54) is 0 Å². The molecule has 0 aliphatic carbocycles. The van der Waals surface area contributed by atoms with Crippen LogP contribution in [0, 0.1) is 6.92 Å². The average molecular weight is 312 g/mol. The van der Waals surface area contributed by atoms with Gasteiger partial charge in [-0.25, -0.2) is 0 Å². The predicted molar refractivity (Wildman–Crippen MR) is 89.0 cm³/mol. The van der Waals surface area contributed by atoms with Gasteiger partial charge < -0.3 is 16.2 Å². The van der Waals surface area contributed by atoms with Crippen molar-refractivity contribution in [2.24, 2.45) is 5.73 Å². The number of primary amides is 1. The van der Waals surface area contributed by atoms with Crippen LogP contribution in [0.3, 0.4) is 0 Å². The standard InChI is InChI=1S/C18H20N2O3/c1-12-10-14(8-9-15(12)17(19)22)20-16(21)11-18(2,23)13-6-4-3-5-7-13/h3-10,23H,11H2,1-2H3,(H2,19,22)(H,20,21). The summed E-state index contributed by atoms with van der Waals surface area (Å²) in [7, 11) is 0. The quantitative estimate of drug-likeness (QED) is 0.791. The van der Waals surface area contributed by atoms with Gasteiger partial charge in [0.1, 0.15) is 0 Å². The normalized spacial score (nSPS) is 13.2. The van der Waals surface area contributed by atoms with E-state index in [9.17, 15) is 14.7 Å². The van der Waals surface area contributed by atoms with Crippen molar-refractivity contribution in [2.75, 3.05) is 5.32 Å². The second kappa shape index (κ2) is 6.62. The van der Waals surface area contributed by atoms with E-state index in [1.807, 2.05) is 18.2 Å². The zero-order valence-corrected chi connectivity index (χ0v) is 13.2. The molecule has 0 aromatic heterocycles. The Balaban J connectivity index is 2.08. The van der Waals surface area contributed by atoms with E-state index < -0.39 is 11.5 Å². The number of aliphatic hydroxyl groups is 1. The number of carbonyl (C=O) groups is 2. The van der Waals surface area contributed by atoms with Gasteiger partial charge in [0.15, 0.2) is 0 Å². The van der Waals surface area contributed by atoms with Crippen LogP contribution in [0.25, 0.3) is 0 Å². The Kier molecular flexibility index (Phi) is 4.81. The first-order valence-electron chi connectivity index (χ1n) is 7.28. The molecule has 2 amide bonds. The maximum absolute atomic E-state index is 12.2. The Morgan fingerprint density at radius 2 is 1.83 bits per heavy atom. The number of nitrogens with one attached hydrogen (secondary N) is 1. The molecule has 0 heterocycles. The van der Waals surface area contributed by atoms with Gasteiger partial charge in [-0.3, -0.25) is 9.59 Å². The largest absolute Gasteiger partial charge is 0.385 e. The monoisotopic (exact) mass is 312 g/mol. The fourth-order valence-electron chi connectivity index (χ4n) is 2.43. The van der Waals surface area contributed by atoms with E-state index in [1.54, 1.807) is 44.2 Å². The highest BCUT2D eigenvalue weighted by Gasteiger charge is 2.26. The van der Waals surface area contributed by atoms with Crippen LogP contribution in [0.1, 0.15) is 34.8 Å². The van der Waals surface area contributed by atoms with Crippen LogP contribution in [-0.2, 0) is 10.4 Å². The predicted octanol–water partition coefficient (Wildman–Crippen LogP) is 2.33. The van der Waals surface area contributed by atoms with E-state index in [0.717, 1.165) is 0 Å². The number of benzene rings is 2. The lowest BCUT2D eigenvalue weighted by Gasteiger charge is -2.23. The van der Waals surface area contributed by atoms with Gasteiger partial charge in [0.25, 0.3) is 0 Å². The fraction of sp³-hybridized carbons (Fsp3) is 0.222. The summed E-state index contributed by atoms with van der Waals surface area (Å²) >= 11 is 0. The highest BCUT2D eigenvalue weighted by molar-refractivity contribution is 5.96. The summed E-state index contributed by atoms with van der Waals surface area (Å²) in [6.45, 7) is 3.35. The highest BCUT2D eigenvalue weighted by Crippen LogP contribution is 2.25. The molecule has 1 unspecified atom stereocenters. The van der Waals surface area contributed by atoms with Crippen LogP contribution in [-0.4, -0.2) is 16.9 Å². The lowest BCUT2D eigenvalue weighted by Crippen LogP contribution is -2.28. The molecule has 5 nitrogen and oxygen atoms in total. The summed E-state index contributed by atoms with van der Waals surface area (Å²) in [5, 5.41) is 13.2. The maximum atomic E-state index is 12.2. The second-order valence-corrected chi connectivity index (χ2v) is 5.76. The molecule has 2 rings (SSSR count). The molecule has 0 aliphatic heterocycles. The highest BCUT2D eigenvalue weighted by atomic mass is 16.3. The zero-order chi connectivity index (χ0) is 17.0. The molecule has 2 aromatic carbocycles. The van der Waals surface area contributed by atoms with Crippen molar-refractivity contribution in [3.05, 3.63) is 65.2 Å². The Bertz CT molecular complexity index is 724. The maximum Gasteiger partial charge on any atom is 0.248 e. The van der Waals surface area contributed by atoms with Crippen molar-refractivity contribution in [3.63, 3.8) is 0 Å². The summed E-state index contributed by atoms with van der Waals surface area (Å²) < 4.78 is 0. The molecule has 4 N–H and O–H groups in total. The van der Waals surface area contributed by atoms with Gasteiger partial charge >= 0.3 is 0 Å². The molecule has 0 saturated carbocycles. The Morgan fingerprint density at radius 1 is 1.17 bits per heavy atom. The van der Waals surface area contributed by atoms with Crippen LogP contribution in [0.15, 0.2) is 48.5 Å². The third-order valence-electron chi connectivity index (χ3n) is 3.68. The number of hydrogen-bond donors (Lipinski definition) is 3. The van der Waals surface area contributed by atoms with Crippen LogP contribution >= 0.6 is 0 Å². The fourth-order valence-corrected chi connectivity index (χ4v) is 2.43. The second-order valence-electron chi connectivity index (χ2n) is 5.76. The topological polar surface area (TPSA) is 92.4 Å². The van der Waals surface area contributed by atoms with Crippen molar-refractivity contribution in [1.82, 2.24) is 0 Å². The minimum absolute atomic E-state index is 0.0758. The van der Waals surface area contributed by atoms with E-state index >= 15 is 0 Å². The molecule has 0 bridgehead atoms. The Hall–Kier alpha value is -2.66. The van der Waals surface area contributed by atoms with Gasteiger partial charge in [-0.05, 0) is 43.2 Å². The van der Waals surface area contributed by atoms with Crippen LogP contribution in [0.5, 0.6) is 0 Å². The molecule has 0 saturated heterocycles. The van der Waals surface area contributed by atoms with Gasteiger partial charge in [-0.1, -0.05) is 30.3 Å². The number of aryl methyl sites for hydroxylation is 1. The van der Waals surface area contributed by atoms with Crippen molar-refractivity contribution in [2.45, 2.75) is 25.9 Å². The summed E-state index contributed by atoms with van der Waals surface area (Å²) in [4.78, 5) is 23.4. The smallest absolute Gasteiger partial charge is 0.248 e. The van der Waals surface area contributed by atoms with Crippen LogP contribution in [0.2, 0.25) is 0 Å². The van der Waals surface area contributed by atoms with Gasteiger partial charge in [-0.2, -0.15) is 0 Å².